The van der Waals surface area contributed by atoms with Gasteiger partial charge in [-0.2, -0.15) is 4.31 Å². The fourth-order valence-corrected chi connectivity index (χ4v) is 4.01. The molecular formula is C15H16BrN3O3S. The van der Waals surface area contributed by atoms with Gasteiger partial charge in [0.05, 0.1) is 18.1 Å². The van der Waals surface area contributed by atoms with Crippen LogP contribution in [0.25, 0.3) is 0 Å². The maximum atomic E-state index is 12.5. The van der Waals surface area contributed by atoms with Gasteiger partial charge in [-0.25, -0.2) is 13.4 Å². The van der Waals surface area contributed by atoms with E-state index in [2.05, 4.69) is 26.2 Å². The molecule has 1 fully saturated rings. The van der Waals surface area contributed by atoms with E-state index in [9.17, 15) is 8.42 Å². The quantitative estimate of drug-likeness (QED) is 0.858. The monoisotopic (exact) mass is 397 g/mol. The molecule has 2 heterocycles. The highest BCUT2D eigenvalue weighted by molar-refractivity contribution is 9.10. The van der Waals surface area contributed by atoms with Crippen molar-refractivity contribution in [2.24, 2.45) is 0 Å². The highest BCUT2D eigenvalue weighted by Crippen LogP contribution is 2.22. The fourth-order valence-electron chi connectivity index (χ4n) is 2.27. The summed E-state index contributed by atoms with van der Waals surface area (Å²) in [5.74, 6) is 0.683. The van der Waals surface area contributed by atoms with Crippen molar-refractivity contribution in [2.75, 3.05) is 31.6 Å². The van der Waals surface area contributed by atoms with Gasteiger partial charge >= 0.3 is 0 Å². The van der Waals surface area contributed by atoms with Crippen LogP contribution in [0.3, 0.4) is 0 Å². The topological polar surface area (TPSA) is 71.5 Å². The normalized spacial score (nSPS) is 16.2. The number of benzene rings is 1. The van der Waals surface area contributed by atoms with Gasteiger partial charge in [0.2, 0.25) is 10.0 Å². The molecule has 0 amide bonds. The number of halogens is 1. The predicted molar refractivity (Wildman–Crippen MR) is 91.2 cm³/mol. The molecule has 0 radical (unpaired) electrons. The third-order valence-corrected chi connectivity index (χ3v) is 5.86. The lowest BCUT2D eigenvalue weighted by molar-refractivity contribution is 0.0730. The standard InChI is InChI=1S/C15H16BrN3O3S/c16-12-5-6-17-15(11-12)18-13-1-3-14(4-2-13)23(20,21)19-7-9-22-10-8-19/h1-6,11H,7-10H2,(H,17,18). The maximum absolute atomic E-state index is 12.5. The second kappa shape index (κ2) is 6.96. The molecule has 2 aromatic rings. The molecule has 1 saturated heterocycles. The summed E-state index contributed by atoms with van der Waals surface area (Å²) in [6, 6.07) is 10.4. The van der Waals surface area contributed by atoms with E-state index in [4.69, 9.17) is 4.74 Å². The summed E-state index contributed by atoms with van der Waals surface area (Å²) in [5.41, 5.74) is 0.775. The van der Waals surface area contributed by atoms with Crippen molar-refractivity contribution in [1.82, 2.24) is 9.29 Å². The van der Waals surface area contributed by atoms with Gasteiger partial charge in [-0.3, -0.25) is 0 Å². The van der Waals surface area contributed by atoms with E-state index in [-0.39, 0.29) is 4.90 Å². The van der Waals surface area contributed by atoms with Gasteiger partial charge in [-0.15, -0.1) is 0 Å². The molecule has 1 aliphatic heterocycles. The first kappa shape index (κ1) is 16.4. The van der Waals surface area contributed by atoms with Crippen molar-refractivity contribution in [2.45, 2.75) is 4.90 Å². The molecule has 1 aromatic carbocycles. The number of nitrogens with zero attached hydrogens (tertiary/aromatic N) is 2. The third-order valence-electron chi connectivity index (χ3n) is 3.46. The summed E-state index contributed by atoms with van der Waals surface area (Å²) in [4.78, 5) is 4.48. The van der Waals surface area contributed by atoms with Gasteiger partial charge in [-0.05, 0) is 36.4 Å². The van der Waals surface area contributed by atoms with Crippen molar-refractivity contribution in [1.29, 1.82) is 0 Å². The van der Waals surface area contributed by atoms with Gasteiger partial charge in [0.15, 0.2) is 0 Å². The Morgan fingerprint density at radius 1 is 1.13 bits per heavy atom. The SMILES string of the molecule is O=S(=O)(c1ccc(Nc2cc(Br)ccn2)cc1)N1CCOCC1. The smallest absolute Gasteiger partial charge is 0.243 e. The zero-order valence-electron chi connectivity index (χ0n) is 12.3. The van der Waals surface area contributed by atoms with Crippen LogP contribution in [0.5, 0.6) is 0 Å². The Morgan fingerprint density at radius 3 is 2.48 bits per heavy atom. The van der Waals surface area contributed by atoms with Crippen LogP contribution in [0.1, 0.15) is 0 Å². The van der Waals surface area contributed by atoms with Gasteiger partial charge < -0.3 is 10.1 Å². The van der Waals surface area contributed by atoms with Crippen LogP contribution in [-0.4, -0.2) is 44.0 Å². The van der Waals surface area contributed by atoms with Gasteiger partial charge in [0, 0.05) is 29.4 Å². The molecule has 23 heavy (non-hydrogen) atoms. The van der Waals surface area contributed by atoms with Crippen LogP contribution in [0, 0.1) is 0 Å². The number of sulfonamides is 1. The minimum absolute atomic E-state index is 0.284. The first-order valence-corrected chi connectivity index (χ1v) is 9.35. The number of pyridine rings is 1. The second-order valence-corrected chi connectivity index (χ2v) is 7.88. The number of anilines is 2. The molecule has 6 nitrogen and oxygen atoms in total. The molecule has 0 unspecified atom stereocenters. The van der Waals surface area contributed by atoms with Crippen LogP contribution in [-0.2, 0) is 14.8 Å². The predicted octanol–water partition coefficient (Wildman–Crippen LogP) is 2.61. The average molecular weight is 398 g/mol. The second-order valence-electron chi connectivity index (χ2n) is 5.03. The Kier molecular flexibility index (Phi) is 4.96. The van der Waals surface area contributed by atoms with Crippen LogP contribution in [0.4, 0.5) is 11.5 Å². The van der Waals surface area contributed by atoms with Crippen molar-refractivity contribution < 1.29 is 13.2 Å². The molecule has 0 spiro atoms. The van der Waals surface area contributed by atoms with E-state index >= 15 is 0 Å². The molecule has 8 heteroatoms. The summed E-state index contributed by atoms with van der Waals surface area (Å²) in [6.45, 7) is 1.66. The largest absolute Gasteiger partial charge is 0.379 e. The lowest BCUT2D eigenvalue weighted by atomic mass is 10.3. The minimum atomic E-state index is -3.46. The van der Waals surface area contributed by atoms with E-state index in [1.807, 2.05) is 12.1 Å². The first-order valence-electron chi connectivity index (χ1n) is 7.12. The highest BCUT2D eigenvalue weighted by atomic mass is 79.9. The van der Waals surface area contributed by atoms with E-state index in [0.717, 1.165) is 10.2 Å². The number of ether oxygens (including phenoxy) is 1. The van der Waals surface area contributed by atoms with E-state index in [1.165, 1.54) is 4.31 Å². The number of hydrogen-bond acceptors (Lipinski definition) is 5. The van der Waals surface area contributed by atoms with E-state index in [0.29, 0.717) is 32.1 Å². The molecule has 122 valence electrons. The lowest BCUT2D eigenvalue weighted by Crippen LogP contribution is -2.40. The molecule has 1 aromatic heterocycles. The summed E-state index contributed by atoms with van der Waals surface area (Å²) >= 11 is 3.38. The first-order chi connectivity index (χ1) is 11.1. The Morgan fingerprint density at radius 2 is 1.83 bits per heavy atom. The van der Waals surface area contributed by atoms with E-state index < -0.39 is 10.0 Å². The highest BCUT2D eigenvalue weighted by Gasteiger charge is 2.26. The molecule has 0 bridgehead atoms. The van der Waals surface area contributed by atoms with Crippen molar-refractivity contribution in [3.63, 3.8) is 0 Å². The van der Waals surface area contributed by atoms with Crippen LogP contribution in [0.15, 0.2) is 52.0 Å². The molecule has 0 aliphatic carbocycles. The number of nitrogens with one attached hydrogen (secondary N) is 1. The average Bonchev–Trinajstić information content (AvgIpc) is 2.56. The van der Waals surface area contributed by atoms with Crippen molar-refractivity contribution in [3.05, 3.63) is 47.1 Å². The molecule has 0 saturated carbocycles. The zero-order chi connectivity index (χ0) is 16.3. The minimum Gasteiger partial charge on any atom is -0.379 e. The fraction of sp³-hybridized carbons (Fsp3) is 0.267. The van der Waals surface area contributed by atoms with Crippen LogP contribution >= 0.6 is 15.9 Å². The summed E-state index contributed by atoms with van der Waals surface area (Å²) < 4.78 is 32.6. The van der Waals surface area contributed by atoms with Crippen LogP contribution in [0.2, 0.25) is 0 Å². The van der Waals surface area contributed by atoms with Crippen molar-refractivity contribution >= 4 is 37.5 Å². The Hall–Kier alpha value is -1.48. The van der Waals surface area contributed by atoms with Crippen LogP contribution < -0.4 is 5.32 Å². The zero-order valence-corrected chi connectivity index (χ0v) is 14.7. The number of hydrogen-bond donors (Lipinski definition) is 1. The van der Waals surface area contributed by atoms with Gasteiger partial charge in [0.25, 0.3) is 0 Å². The summed E-state index contributed by atoms with van der Waals surface area (Å²) in [5, 5.41) is 3.13. The van der Waals surface area contributed by atoms with Crippen molar-refractivity contribution in [3.8, 4) is 0 Å². The Labute approximate surface area is 143 Å². The number of aromatic nitrogens is 1. The Bertz CT molecular complexity index is 775. The number of rotatable bonds is 4. The van der Waals surface area contributed by atoms with Gasteiger partial charge in [-0.1, -0.05) is 15.9 Å². The Balaban J connectivity index is 1.76. The summed E-state index contributed by atoms with van der Waals surface area (Å²) in [7, 11) is -3.46. The maximum Gasteiger partial charge on any atom is 0.243 e. The van der Waals surface area contributed by atoms with Gasteiger partial charge in [0.1, 0.15) is 5.82 Å². The molecule has 1 aliphatic rings. The lowest BCUT2D eigenvalue weighted by Gasteiger charge is -2.26. The number of morpholine rings is 1. The van der Waals surface area contributed by atoms with E-state index in [1.54, 1.807) is 30.5 Å². The molecule has 3 rings (SSSR count). The summed E-state index contributed by atoms with van der Waals surface area (Å²) in [6.07, 6.45) is 1.68. The molecule has 0 atom stereocenters. The molecule has 1 N–H and O–H groups in total. The third kappa shape index (κ3) is 3.89. The molecular weight excluding hydrogens is 382 g/mol.